The van der Waals surface area contributed by atoms with Crippen LogP contribution in [0.4, 0.5) is 0 Å². The molecule has 0 fully saturated rings. The maximum absolute atomic E-state index is 10.2. The Morgan fingerprint density at radius 1 is 1.14 bits per heavy atom. The zero-order valence-corrected chi connectivity index (χ0v) is 8.94. The Morgan fingerprint density at radius 3 is 1.71 bits per heavy atom. The van der Waals surface area contributed by atoms with Crippen LogP contribution in [0.15, 0.2) is 0 Å². The lowest BCUT2D eigenvalue weighted by molar-refractivity contribution is -0.137. The van der Waals surface area contributed by atoms with E-state index in [2.05, 4.69) is 24.8 Å². The van der Waals surface area contributed by atoms with Crippen molar-refractivity contribution in [3.63, 3.8) is 0 Å². The summed E-state index contributed by atoms with van der Waals surface area (Å²) in [6, 6.07) is 0. The normalized spacial score (nSPS) is 9.43. The molecular formula is C7H10NO4S2-. The summed E-state index contributed by atoms with van der Waals surface area (Å²) in [5.41, 5.74) is 0. The topological polar surface area (TPSA) is 77.8 Å². The Hall–Kier alpha value is -0.950. The summed E-state index contributed by atoms with van der Waals surface area (Å²) in [4.78, 5) is 21.9. The summed E-state index contributed by atoms with van der Waals surface area (Å²) in [5.74, 6) is -1.92. The average molecular weight is 236 g/mol. The predicted molar refractivity (Wildman–Crippen MR) is 56.0 cm³/mol. The first-order chi connectivity index (χ1) is 6.43. The number of hydrogen-bond donors (Lipinski definition) is 2. The maximum Gasteiger partial charge on any atom is 0.305 e. The Balaban J connectivity index is 3.96. The molecule has 2 N–H and O–H groups in total. The van der Waals surface area contributed by atoms with E-state index < -0.39 is 11.9 Å². The summed E-state index contributed by atoms with van der Waals surface area (Å²) in [6.45, 7) is 0.315. The lowest BCUT2D eigenvalue weighted by Crippen LogP contribution is -2.32. The molecule has 0 heterocycles. The van der Waals surface area contributed by atoms with Crippen molar-refractivity contribution >= 4 is 41.1 Å². The second-order valence-corrected chi connectivity index (χ2v) is 3.57. The fourth-order valence-corrected chi connectivity index (χ4v) is 1.12. The van der Waals surface area contributed by atoms with Crippen LogP contribution in [0, 0.1) is 0 Å². The summed E-state index contributed by atoms with van der Waals surface area (Å²) in [7, 11) is 0. The number of aliphatic carboxylic acids is 2. The number of rotatable bonds is 6. The van der Waals surface area contributed by atoms with E-state index in [0.717, 1.165) is 0 Å². The SMILES string of the molecule is O=C(O)CCN(CCC(=O)O)C(=S)[S-]. The molecule has 0 saturated carbocycles. The first kappa shape index (κ1) is 13.1. The van der Waals surface area contributed by atoms with Crippen LogP contribution in [-0.4, -0.2) is 44.5 Å². The summed E-state index contributed by atoms with van der Waals surface area (Å²) in [5, 5.41) is 16.8. The third kappa shape index (κ3) is 6.55. The van der Waals surface area contributed by atoms with Gasteiger partial charge in [0.15, 0.2) is 0 Å². The van der Waals surface area contributed by atoms with Crippen LogP contribution >= 0.6 is 12.2 Å². The quantitative estimate of drug-likeness (QED) is 0.499. The van der Waals surface area contributed by atoms with Gasteiger partial charge in [-0.25, -0.2) is 0 Å². The van der Waals surface area contributed by atoms with Crippen LogP contribution in [0.1, 0.15) is 12.8 Å². The molecule has 0 spiro atoms. The minimum absolute atomic E-state index is 0.101. The summed E-state index contributed by atoms with van der Waals surface area (Å²) in [6.07, 6.45) is -0.202. The highest BCUT2D eigenvalue weighted by Gasteiger charge is 2.06. The zero-order chi connectivity index (χ0) is 11.1. The lowest BCUT2D eigenvalue weighted by atomic mass is 10.3. The highest BCUT2D eigenvalue weighted by molar-refractivity contribution is 8.00. The van der Waals surface area contributed by atoms with Gasteiger partial charge >= 0.3 is 11.9 Å². The molecule has 0 aliphatic heterocycles. The molecule has 14 heavy (non-hydrogen) atoms. The fourth-order valence-electron chi connectivity index (χ4n) is 0.756. The van der Waals surface area contributed by atoms with Crippen LogP contribution in [0.5, 0.6) is 0 Å². The smallest absolute Gasteiger partial charge is 0.305 e. The molecule has 80 valence electrons. The van der Waals surface area contributed by atoms with Crippen molar-refractivity contribution < 1.29 is 19.8 Å². The molecule has 0 aromatic rings. The molecule has 0 atom stereocenters. The van der Waals surface area contributed by atoms with Gasteiger partial charge in [0.25, 0.3) is 0 Å². The molecule has 0 aromatic heterocycles. The number of carbonyl (C=O) groups is 2. The monoisotopic (exact) mass is 236 g/mol. The van der Waals surface area contributed by atoms with E-state index in [0.29, 0.717) is 0 Å². The molecule has 0 bridgehead atoms. The molecule has 5 nitrogen and oxygen atoms in total. The van der Waals surface area contributed by atoms with Gasteiger partial charge in [-0.3, -0.25) is 9.59 Å². The molecule has 7 heteroatoms. The first-order valence-corrected chi connectivity index (χ1v) is 4.64. The Morgan fingerprint density at radius 2 is 1.50 bits per heavy atom. The zero-order valence-electron chi connectivity index (χ0n) is 7.30. The van der Waals surface area contributed by atoms with Crippen molar-refractivity contribution in [3.05, 3.63) is 0 Å². The van der Waals surface area contributed by atoms with Gasteiger partial charge in [-0.2, -0.15) is 0 Å². The maximum atomic E-state index is 10.2. The molecule has 0 saturated heterocycles. The Labute approximate surface area is 92.1 Å². The molecular weight excluding hydrogens is 226 g/mol. The van der Waals surface area contributed by atoms with Crippen molar-refractivity contribution in [2.45, 2.75) is 12.8 Å². The minimum atomic E-state index is -0.962. The largest absolute Gasteiger partial charge is 0.481 e. The molecule has 0 rings (SSSR count). The van der Waals surface area contributed by atoms with E-state index >= 15 is 0 Å². The van der Waals surface area contributed by atoms with Crippen molar-refractivity contribution in [1.82, 2.24) is 4.90 Å². The van der Waals surface area contributed by atoms with E-state index in [4.69, 9.17) is 10.2 Å². The van der Waals surface area contributed by atoms with E-state index in [1.54, 1.807) is 0 Å². The predicted octanol–water partition coefficient (Wildman–Crippen LogP) is 0.0696. The molecule has 0 aliphatic carbocycles. The third-order valence-electron chi connectivity index (χ3n) is 1.45. The second kappa shape index (κ2) is 6.50. The number of nitrogens with zero attached hydrogens (tertiary/aromatic N) is 1. The third-order valence-corrected chi connectivity index (χ3v) is 1.97. The van der Waals surface area contributed by atoms with Gasteiger partial charge < -0.3 is 40.0 Å². The van der Waals surface area contributed by atoms with Gasteiger partial charge in [0.2, 0.25) is 0 Å². The fraction of sp³-hybridized carbons (Fsp3) is 0.571. The highest BCUT2D eigenvalue weighted by Crippen LogP contribution is 1.97. The van der Waals surface area contributed by atoms with Crippen LogP contribution < -0.4 is 0 Å². The van der Waals surface area contributed by atoms with Gasteiger partial charge in [0, 0.05) is 13.1 Å². The highest BCUT2D eigenvalue weighted by atomic mass is 32.1. The van der Waals surface area contributed by atoms with Crippen molar-refractivity contribution in [3.8, 4) is 0 Å². The second-order valence-electron chi connectivity index (χ2n) is 2.54. The molecule has 0 radical (unpaired) electrons. The number of thiocarbonyl (C=S) groups is 1. The van der Waals surface area contributed by atoms with Gasteiger partial charge in [-0.1, -0.05) is 4.32 Å². The number of hydrogen-bond acceptors (Lipinski definition) is 4. The van der Waals surface area contributed by atoms with Crippen molar-refractivity contribution in [2.75, 3.05) is 13.1 Å². The van der Waals surface area contributed by atoms with Crippen molar-refractivity contribution in [2.24, 2.45) is 0 Å². The van der Waals surface area contributed by atoms with E-state index in [1.165, 1.54) is 4.90 Å². The summed E-state index contributed by atoms with van der Waals surface area (Å²) < 4.78 is 0.104. The van der Waals surface area contributed by atoms with Crippen molar-refractivity contribution in [1.29, 1.82) is 0 Å². The number of carboxylic acids is 2. The van der Waals surface area contributed by atoms with Gasteiger partial charge in [0.05, 0.1) is 12.8 Å². The summed E-state index contributed by atoms with van der Waals surface area (Å²) >= 11 is 9.35. The van der Waals surface area contributed by atoms with E-state index in [1.807, 2.05) is 0 Å². The Bertz CT molecular complexity index is 226. The molecule has 0 aliphatic rings. The standard InChI is InChI=1S/C7H11NO4S2/c9-5(10)1-3-8(7(13)14)4-2-6(11)12/h1-4H2,(H,9,10)(H,11,12)(H,13,14)/p-1. The van der Waals surface area contributed by atoms with Crippen LogP contribution in [0.2, 0.25) is 0 Å². The van der Waals surface area contributed by atoms with Gasteiger partial charge in [-0.05, 0) is 0 Å². The van der Waals surface area contributed by atoms with Gasteiger partial charge in [-0.15, -0.1) is 0 Å². The van der Waals surface area contributed by atoms with E-state index in [-0.39, 0.29) is 30.3 Å². The lowest BCUT2D eigenvalue weighted by Gasteiger charge is -2.26. The molecule has 0 unspecified atom stereocenters. The van der Waals surface area contributed by atoms with Crippen LogP contribution in [0.25, 0.3) is 0 Å². The minimum Gasteiger partial charge on any atom is -0.481 e. The first-order valence-electron chi connectivity index (χ1n) is 3.83. The van der Waals surface area contributed by atoms with Crippen LogP contribution in [-0.2, 0) is 22.2 Å². The average Bonchev–Trinajstić information content (AvgIpc) is 2.02. The molecule has 0 aromatic carbocycles. The molecule has 0 amide bonds. The number of carboxylic acid groups (broad SMARTS) is 2. The van der Waals surface area contributed by atoms with Crippen LogP contribution in [0.3, 0.4) is 0 Å². The Kier molecular flexibility index (Phi) is 6.06. The van der Waals surface area contributed by atoms with E-state index in [9.17, 15) is 9.59 Å². The van der Waals surface area contributed by atoms with Gasteiger partial charge in [0.1, 0.15) is 0 Å².